The number of alkyl halides is 3. The van der Waals surface area contributed by atoms with Crippen molar-refractivity contribution in [3.05, 3.63) is 81.9 Å². The molecular formula is C21H18I2. The first-order chi connectivity index (χ1) is 11.3. The molecule has 0 amide bonds. The zero-order chi connectivity index (χ0) is 15.6. The average molecular weight is 524 g/mol. The third-order valence-corrected chi connectivity index (χ3v) is 9.40. The van der Waals surface area contributed by atoms with Crippen LogP contribution in [0, 0.1) is 3.57 Å². The van der Waals surface area contributed by atoms with Gasteiger partial charge in [-0.15, -0.1) is 0 Å². The second-order valence-electron chi connectivity index (χ2n) is 5.83. The molecule has 1 fully saturated rings. The minimum absolute atomic E-state index is 0.502. The molecule has 116 valence electrons. The fourth-order valence-electron chi connectivity index (χ4n) is 2.84. The Bertz CT molecular complexity index is 817. The zero-order valence-electron chi connectivity index (χ0n) is 12.8. The molecule has 0 aromatic heterocycles. The van der Waals surface area contributed by atoms with E-state index in [4.69, 9.17) is 0 Å². The first kappa shape index (κ1) is 15.6. The van der Waals surface area contributed by atoms with E-state index in [0.29, 0.717) is 0 Å². The van der Waals surface area contributed by atoms with E-state index in [1.54, 1.807) is 14.4 Å². The van der Waals surface area contributed by atoms with Crippen LogP contribution in [-0.2, 0) is 4.43 Å². The van der Waals surface area contributed by atoms with Crippen LogP contribution in [0.5, 0.6) is 0 Å². The Morgan fingerprint density at radius 3 is 2.13 bits per heavy atom. The Kier molecular flexibility index (Phi) is 4.71. The van der Waals surface area contributed by atoms with Gasteiger partial charge in [0.05, 0.1) is 0 Å². The molecule has 0 aliphatic carbocycles. The van der Waals surface area contributed by atoms with Crippen molar-refractivity contribution < 1.29 is 0 Å². The summed E-state index contributed by atoms with van der Waals surface area (Å²) in [6.07, 6.45) is 0. The fraction of sp³-hybridized carbons (Fsp3) is 0.143. The van der Waals surface area contributed by atoms with E-state index in [2.05, 4.69) is 95.4 Å². The van der Waals surface area contributed by atoms with Crippen molar-refractivity contribution in [3.8, 4) is 22.3 Å². The molecule has 2 heteroatoms. The van der Waals surface area contributed by atoms with Gasteiger partial charge in [-0.3, -0.25) is 0 Å². The van der Waals surface area contributed by atoms with Crippen LogP contribution in [0.25, 0.3) is 22.3 Å². The van der Waals surface area contributed by atoms with E-state index in [1.807, 2.05) is 0 Å². The van der Waals surface area contributed by atoms with Gasteiger partial charge in [0, 0.05) is 0 Å². The molecule has 1 heterocycles. The Hall–Kier alpha value is -0.880. The summed E-state index contributed by atoms with van der Waals surface area (Å²) in [6.45, 7) is 0. The van der Waals surface area contributed by atoms with Crippen molar-refractivity contribution >= 4 is 42.4 Å². The maximum atomic E-state index is 2.42. The van der Waals surface area contributed by atoms with Gasteiger partial charge >= 0.3 is 160 Å². The molecule has 0 saturated carbocycles. The van der Waals surface area contributed by atoms with Gasteiger partial charge in [-0.25, -0.2) is 0 Å². The molecule has 4 rings (SSSR count). The third kappa shape index (κ3) is 3.79. The Morgan fingerprint density at radius 2 is 1.43 bits per heavy atom. The summed E-state index contributed by atoms with van der Waals surface area (Å²) in [5, 5.41) is 0. The number of rotatable bonds is 4. The van der Waals surface area contributed by atoms with Crippen LogP contribution in [0.15, 0.2) is 72.8 Å². The molecule has 0 nitrogen and oxygen atoms in total. The van der Waals surface area contributed by atoms with Crippen molar-refractivity contribution in [2.45, 2.75) is 4.43 Å². The van der Waals surface area contributed by atoms with Crippen molar-refractivity contribution in [2.24, 2.45) is 0 Å². The number of halogens is 2. The van der Waals surface area contributed by atoms with E-state index in [9.17, 15) is 0 Å². The predicted octanol–water partition coefficient (Wildman–Crippen LogP) is 6.65. The molecule has 1 aliphatic heterocycles. The maximum absolute atomic E-state index is 2.42. The Labute approximate surface area is 158 Å². The number of hydrogen-bond acceptors (Lipinski definition) is 0. The second kappa shape index (κ2) is 6.93. The van der Waals surface area contributed by atoms with Crippen LogP contribution in [-0.4, -0.2) is 8.86 Å². The van der Waals surface area contributed by atoms with Crippen LogP contribution in [0.2, 0.25) is 0 Å². The van der Waals surface area contributed by atoms with E-state index in [0.717, 1.165) is 0 Å². The van der Waals surface area contributed by atoms with Crippen LogP contribution in [0.4, 0.5) is 0 Å². The monoisotopic (exact) mass is 524 g/mol. The first-order valence-electron chi connectivity index (χ1n) is 7.81. The molecule has 0 N–H and O–H groups in total. The topological polar surface area (TPSA) is 0 Å². The van der Waals surface area contributed by atoms with Crippen LogP contribution in [0.1, 0.15) is 5.56 Å². The summed E-state index contributed by atoms with van der Waals surface area (Å²) in [7, 11) is 0. The molecular weight excluding hydrogens is 506 g/mol. The molecule has 3 aromatic rings. The quantitative estimate of drug-likeness (QED) is 0.265. The summed E-state index contributed by atoms with van der Waals surface area (Å²) in [5.41, 5.74) is 6.86. The second-order valence-corrected chi connectivity index (χ2v) is 13.2. The van der Waals surface area contributed by atoms with Crippen LogP contribution < -0.4 is 0 Å². The standard InChI is InChI=1S/C21H18I2/c22-19-10-8-17(9-11-19)20-6-1-2-7-21(20)18-5-3-4-16(14-18)15-23-12-13-23/h1-11,14H,12-13,15H2. The molecule has 23 heavy (non-hydrogen) atoms. The zero-order valence-corrected chi connectivity index (χ0v) is 17.1. The minimum atomic E-state index is -0.502. The third-order valence-electron chi connectivity index (χ3n) is 4.12. The number of benzene rings is 3. The van der Waals surface area contributed by atoms with Gasteiger partial charge in [0.15, 0.2) is 0 Å². The van der Waals surface area contributed by atoms with Gasteiger partial charge < -0.3 is 0 Å². The van der Waals surface area contributed by atoms with Crippen molar-refractivity contribution in [2.75, 3.05) is 8.86 Å². The van der Waals surface area contributed by atoms with E-state index in [-0.39, 0.29) is 0 Å². The molecule has 0 unspecified atom stereocenters. The van der Waals surface area contributed by atoms with Crippen LogP contribution >= 0.6 is 42.4 Å². The molecule has 3 aromatic carbocycles. The van der Waals surface area contributed by atoms with Gasteiger partial charge in [0.2, 0.25) is 0 Å². The fourth-order valence-corrected chi connectivity index (χ4v) is 7.91. The van der Waals surface area contributed by atoms with E-state index >= 15 is 0 Å². The SMILES string of the molecule is Ic1ccc(-c2ccccc2-c2cccc(CI3CC3)c2)cc1. The van der Waals surface area contributed by atoms with E-state index < -0.39 is 19.8 Å². The molecule has 0 atom stereocenters. The molecule has 0 bridgehead atoms. The van der Waals surface area contributed by atoms with Crippen molar-refractivity contribution in [3.63, 3.8) is 0 Å². The summed E-state index contributed by atoms with van der Waals surface area (Å²) in [5.74, 6) is 0. The first-order valence-corrected chi connectivity index (χ1v) is 13.5. The van der Waals surface area contributed by atoms with Gasteiger partial charge in [0.1, 0.15) is 0 Å². The summed E-state index contributed by atoms with van der Waals surface area (Å²) in [4.78, 5) is 0. The molecule has 0 radical (unpaired) electrons. The Morgan fingerprint density at radius 1 is 0.739 bits per heavy atom. The summed E-state index contributed by atoms with van der Waals surface area (Å²) in [6, 6.07) is 26.8. The molecule has 1 saturated heterocycles. The predicted molar refractivity (Wildman–Crippen MR) is 117 cm³/mol. The van der Waals surface area contributed by atoms with Gasteiger partial charge in [-0.05, 0) is 0 Å². The van der Waals surface area contributed by atoms with Gasteiger partial charge in [-0.1, -0.05) is 0 Å². The van der Waals surface area contributed by atoms with Crippen LogP contribution in [0.3, 0.4) is 0 Å². The number of hydrogen-bond donors (Lipinski definition) is 0. The van der Waals surface area contributed by atoms with Crippen molar-refractivity contribution in [1.29, 1.82) is 0 Å². The summed E-state index contributed by atoms with van der Waals surface area (Å²) >= 11 is 1.86. The van der Waals surface area contributed by atoms with Crippen molar-refractivity contribution in [1.82, 2.24) is 0 Å². The van der Waals surface area contributed by atoms with Gasteiger partial charge in [0.25, 0.3) is 0 Å². The molecule has 0 spiro atoms. The Balaban J connectivity index is 1.75. The van der Waals surface area contributed by atoms with Gasteiger partial charge in [-0.2, -0.15) is 0 Å². The summed E-state index contributed by atoms with van der Waals surface area (Å²) < 4.78 is 5.80. The molecule has 1 aliphatic rings. The normalized spacial score (nSPS) is 14.7. The average Bonchev–Trinajstić information content (AvgIpc) is 3.40. The van der Waals surface area contributed by atoms with E-state index in [1.165, 1.54) is 30.3 Å².